The fourth-order valence-corrected chi connectivity index (χ4v) is 13.7. The Bertz CT molecular complexity index is 2080. The number of ketones is 1. The molecule has 2 heterocycles. The number of allylic oxidation sites excluding steroid dienone is 2. The highest BCUT2D eigenvalue weighted by Crippen LogP contribution is 2.77. The predicted octanol–water partition coefficient (Wildman–Crippen LogP) is 8.10. The summed E-state index contributed by atoms with van der Waals surface area (Å²) in [6.07, 6.45) is 11.7. The molecule has 4 saturated carbocycles. The van der Waals surface area contributed by atoms with Gasteiger partial charge < -0.3 is 19.3 Å². The van der Waals surface area contributed by atoms with Crippen molar-refractivity contribution >= 4 is 17.7 Å². The minimum atomic E-state index is -1.18. The number of nitrogens with zero attached hydrogens (tertiary/aromatic N) is 7. The molecule has 12 heteroatoms. The van der Waals surface area contributed by atoms with Crippen LogP contribution in [0.25, 0.3) is 11.6 Å². The fourth-order valence-electron chi connectivity index (χ4n) is 13.7. The standard InChI is InChI=1S/C47H67N7O5/c1-28(2)37-31(55)22-47(23-35-51-52-40(54(35)21-20-53(10)11)39-49-26-29(25-48)27-50-39)19-18-45(8)30(38(37)47)12-13-33-44(7)16-15-34(59-36(56)24-42(3,4)41(57)58)43(5,6)32(44)14-17-46(33,45)9/h26-28,30,32-34H,12-24H2,1-11H3,(H,57,58)/t30-,32+,33-,34+,44+,45-,46-,47+/m1/s1. The predicted molar refractivity (Wildman–Crippen MR) is 223 cm³/mol. The van der Waals surface area contributed by atoms with Gasteiger partial charge in [0, 0.05) is 49.2 Å². The van der Waals surface area contributed by atoms with Crippen molar-refractivity contribution in [1.82, 2.24) is 29.6 Å². The van der Waals surface area contributed by atoms with Gasteiger partial charge in [-0.25, -0.2) is 9.97 Å². The number of rotatable bonds is 11. The lowest BCUT2D eigenvalue weighted by Crippen LogP contribution is -2.65. The maximum Gasteiger partial charge on any atom is 0.309 e. The van der Waals surface area contributed by atoms with Crippen molar-refractivity contribution in [3.05, 3.63) is 34.9 Å². The molecule has 0 radical (unpaired) electrons. The zero-order valence-corrected chi connectivity index (χ0v) is 37.4. The van der Waals surface area contributed by atoms with E-state index < -0.39 is 17.4 Å². The van der Waals surface area contributed by atoms with Crippen LogP contribution in [0.5, 0.6) is 0 Å². The van der Waals surface area contributed by atoms with Crippen molar-refractivity contribution in [2.24, 2.45) is 56.2 Å². The second-order valence-corrected chi connectivity index (χ2v) is 21.7. The summed E-state index contributed by atoms with van der Waals surface area (Å²) in [6, 6.07) is 2.10. The number of carbonyl (C=O) groups is 3. The Morgan fingerprint density at radius 3 is 2.31 bits per heavy atom. The van der Waals surface area contributed by atoms with Gasteiger partial charge in [-0.1, -0.05) is 54.0 Å². The number of aromatic nitrogens is 5. The van der Waals surface area contributed by atoms with Crippen LogP contribution in [0.15, 0.2) is 23.5 Å². The lowest BCUT2D eigenvalue weighted by Gasteiger charge is -2.72. The van der Waals surface area contributed by atoms with E-state index in [0.29, 0.717) is 54.2 Å². The number of Topliss-reactive ketones (excluding diaryl/α,β-unsaturated/α-hetero) is 1. The summed E-state index contributed by atoms with van der Waals surface area (Å²) in [5.41, 5.74) is 1.15. The van der Waals surface area contributed by atoms with Crippen molar-refractivity contribution in [3.63, 3.8) is 0 Å². The molecular weight excluding hydrogens is 743 g/mol. The fraction of sp³-hybridized carbons (Fsp3) is 0.745. The van der Waals surface area contributed by atoms with Crippen LogP contribution in [-0.4, -0.2) is 79.2 Å². The molecule has 7 rings (SSSR count). The molecular formula is C47H67N7O5. The third-order valence-electron chi connectivity index (χ3n) is 17.0. The molecule has 8 atom stereocenters. The summed E-state index contributed by atoms with van der Waals surface area (Å²) in [6.45, 7) is 21.2. The molecule has 59 heavy (non-hydrogen) atoms. The van der Waals surface area contributed by atoms with E-state index in [2.05, 4.69) is 79.1 Å². The Morgan fingerprint density at radius 1 is 0.983 bits per heavy atom. The van der Waals surface area contributed by atoms with Crippen LogP contribution in [0.4, 0.5) is 0 Å². The van der Waals surface area contributed by atoms with Gasteiger partial charge in [0.15, 0.2) is 11.6 Å². The number of ether oxygens (including phenoxy) is 1. The number of nitriles is 1. The summed E-state index contributed by atoms with van der Waals surface area (Å²) in [5.74, 6) is 1.98. The minimum Gasteiger partial charge on any atom is -0.481 e. The monoisotopic (exact) mass is 810 g/mol. The van der Waals surface area contributed by atoms with Gasteiger partial charge in [0.25, 0.3) is 0 Å². The highest BCUT2D eigenvalue weighted by atomic mass is 16.5. The van der Waals surface area contributed by atoms with Crippen molar-refractivity contribution in [2.75, 3.05) is 20.6 Å². The smallest absolute Gasteiger partial charge is 0.309 e. The Labute approximate surface area is 351 Å². The van der Waals surface area contributed by atoms with Crippen LogP contribution in [0, 0.1) is 67.5 Å². The van der Waals surface area contributed by atoms with E-state index in [1.807, 2.05) is 14.1 Å². The van der Waals surface area contributed by atoms with Gasteiger partial charge in [0.05, 0.1) is 17.4 Å². The average molecular weight is 810 g/mol. The Kier molecular flexibility index (Phi) is 10.9. The first-order valence-corrected chi connectivity index (χ1v) is 22.0. The number of hydrogen-bond donors (Lipinski definition) is 1. The quantitative estimate of drug-likeness (QED) is 0.218. The molecule has 5 aliphatic rings. The molecule has 0 aliphatic heterocycles. The van der Waals surface area contributed by atoms with E-state index in [-0.39, 0.29) is 51.4 Å². The molecule has 12 nitrogen and oxygen atoms in total. The van der Waals surface area contributed by atoms with Crippen LogP contribution in [0.1, 0.15) is 138 Å². The molecule has 4 fully saturated rings. The maximum atomic E-state index is 14.4. The van der Waals surface area contributed by atoms with Crippen molar-refractivity contribution in [2.45, 2.75) is 146 Å². The second kappa shape index (κ2) is 14.9. The zero-order valence-electron chi connectivity index (χ0n) is 37.4. The van der Waals surface area contributed by atoms with Gasteiger partial charge in [-0.15, -0.1) is 10.2 Å². The van der Waals surface area contributed by atoms with E-state index in [9.17, 15) is 24.8 Å². The number of carboxylic acids is 1. The number of likely N-dealkylation sites (N-methyl/N-ethyl adjacent to an activating group) is 1. The zero-order chi connectivity index (χ0) is 43.1. The van der Waals surface area contributed by atoms with Gasteiger partial charge in [-0.3, -0.25) is 14.4 Å². The summed E-state index contributed by atoms with van der Waals surface area (Å²) < 4.78 is 8.34. The largest absolute Gasteiger partial charge is 0.481 e. The second-order valence-electron chi connectivity index (χ2n) is 21.7. The highest BCUT2D eigenvalue weighted by Gasteiger charge is 2.70. The molecule has 0 bridgehead atoms. The molecule has 320 valence electrons. The number of aliphatic carboxylic acids is 1. The van der Waals surface area contributed by atoms with Crippen LogP contribution >= 0.6 is 0 Å². The third-order valence-corrected chi connectivity index (χ3v) is 17.0. The molecule has 0 saturated heterocycles. The van der Waals surface area contributed by atoms with Gasteiger partial charge in [-0.2, -0.15) is 5.26 Å². The summed E-state index contributed by atoms with van der Waals surface area (Å²) in [5, 5.41) is 28.5. The van der Waals surface area contributed by atoms with Crippen LogP contribution in [-0.2, 0) is 32.1 Å². The number of hydrogen-bond acceptors (Lipinski definition) is 10. The first-order valence-electron chi connectivity index (χ1n) is 22.0. The Morgan fingerprint density at radius 2 is 1.68 bits per heavy atom. The summed E-state index contributed by atoms with van der Waals surface area (Å²) >= 11 is 0. The highest BCUT2D eigenvalue weighted by molar-refractivity contribution is 6.00. The van der Waals surface area contributed by atoms with E-state index in [1.54, 1.807) is 13.8 Å². The molecule has 0 unspecified atom stereocenters. The number of carbonyl (C=O) groups excluding carboxylic acids is 2. The van der Waals surface area contributed by atoms with E-state index in [1.165, 1.54) is 18.0 Å². The number of fused-ring (bicyclic) bond motifs is 7. The molecule has 0 spiro atoms. The molecule has 1 N–H and O–H groups in total. The Balaban J connectivity index is 1.21. The topological polar surface area (TPSA) is 164 Å². The van der Waals surface area contributed by atoms with Crippen LogP contribution in [0.2, 0.25) is 0 Å². The van der Waals surface area contributed by atoms with Crippen molar-refractivity contribution in [1.29, 1.82) is 5.26 Å². The summed E-state index contributed by atoms with van der Waals surface area (Å²) in [4.78, 5) is 50.5. The maximum absolute atomic E-state index is 14.4. The van der Waals surface area contributed by atoms with E-state index in [4.69, 9.17) is 9.84 Å². The molecule has 5 aliphatic carbocycles. The van der Waals surface area contributed by atoms with Crippen LogP contribution in [0.3, 0.4) is 0 Å². The molecule has 0 amide bonds. The van der Waals surface area contributed by atoms with Gasteiger partial charge in [0.1, 0.15) is 18.0 Å². The van der Waals surface area contributed by atoms with Gasteiger partial charge in [-0.05, 0) is 125 Å². The van der Waals surface area contributed by atoms with Crippen LogP contribution < -0.4 is 0 Å². The minimum absolute atomic E-state index is 0.0105. The summed E-state index contributed by atoms with van der Waals surface area (Å²) in [7, 11) is 4.09. The molecule has 0 aromatic carbocycles. The number of esters is 1. The van der Waals surface area contributed by atoms with E-state index >= 15 is 0 Å². The van der Waals surface area contributed by atoms with Gasteiger partial charge >= 0.3 is 11.9 Å². The SMILES string of the molecule is CC(C)C1=C2[C@H]3CC[C@@H]4[C@@]5(C)CC[C@H](OC(=O)CC(C)(C)C(=O)O)C(C)(C)[C@@H]5CC[C@@]4(C)[C@]3(C)CC[C@@]2(Cc2nnc(-c3ncc(C#N)cn3)n2CCN(C)C)CC1=O. The number of carboxylic acid groups (broad SMARTS) is 1. The lowest BCUT2D eigenvalue weighted by atomic mass is 9.33. The molecule has 2 aromatic heterocycles. The van der Waals surface area contributed by atoms with Gasteiger partial charge in [0.2, 0.25) is 5.82 Å². The van der Waals surface area contributed by atoms with Crippen molar-refractivity contribution < 1.29 is 24.2 Å². The van der Waals surface area contributed by atoms with Crippen molar-refractivity contribution in [3.8, 4) is 17.7 Å². The average Bonchev–Trinajstić information content (AvgIpc) is 3.69. The Hall–Kier alpha value is -3.98. The third kappa shape index (κ3) is 6.86. The lowest BCUT2D eigenvalue weighted by molar-refractivity contribution is -0.233. The van der Waals surface area contributed by atoms with E-state index in [0.717, 1.165) is 69.3 Å². The first kappa shape index (κ1) is 43.1. The first-order chi connectivity index (χ1) is 27.5. The normalized spacial score (nSPS) is 33.9. The molecule has 2 aromatic rings.